The van der Waals surface area contributed by atoms with E-state index in [0.29, 0.717) is 56.1 Å². The second kappa shape index (κ2) is 10.8. The lowest BCUT2D eigenvalue weighted by atomic mass is 10.0. The second-order valence-corrected chi connectivity index (χ2v) is 6.76. The number of esters is 1. The predicted molar refractivity (Wildman–Crippen MR) is 105 cm³/mol. The molecule has 0 saturated carbocycles. The molecule has 1 aromatic carbocycles. The van der Waals surface area contributed by atoms with E-state index in [-0.39, 0.29) is 18.1 Å². The molecular weight excluding hydrogens is 362 g/mol. The maximum absolute atomic E-state index is 12.5. The van der Waals surface area contributed by atoms with Crippen LogP contribution in [0.25, 0.3) is 0 Å². The molecule has 0 spiro atoms. The van der Waals surface area contributed by atoms with Gasteiger partial charge in [0, 0.05) is 13.1 Å². The van der Waals surface area contributed by atoms with Crippen LogP contribution < -0.4 is 14.2 Å². The van der Waals surface area contributed by atoms with Crippen LogP contribution in [0, 0.1) is 5.92 Å². The van der Waals surface area contributed by atoms with Gasteiger partial charge in [-0.15, -0.1) is 0 Å². The van der Waals surface area contributed by atoms with Gasteiger partial charge < -0.3 is 23.8 Å². The molecular formula is C21H31NO6. The van der Waals surface area contributed by atoms with E-state index in [9.17, 15) is 9.59 Å². The molecule has 0 N–H and O–H groups in total. The average Bonchev–Trinajstić information content (AvgIpc) is 2.68. The number of ether oxygens (including phenoxy) is 4. The second-order valence-electron chi connectivity index (χ2n) is 6.76. The number of benzene rings is 1. The standard InChI is InChI=1S/C21H31NO6/c1-5-25-17-11-16(12-18(26-6-2)20(17)27-7-3)21(24)28-14-19(23)22-10-8-9-15(4)13-22/h11-12,15H,5-10,13-14H2,1-4H3. The molecule has 7 heteroatoms. The molecule has 1 heterocycles. The van der Waals surface area contributed by atoms with Crippen molar-refractivity contribution in [3.63, 3.8) is 0 Å². The van der Waals surface area contributed by atoms with Gasteiger partial charge >= 0.3 is 5.97 Å². The van der Waals surface area contributed by atoms with Gasteiger partial charge in [0.15, 0.2) is 18.1 Å². The molecule has 2 rings (SSSR count). The van der Waals surface area contributed by atoms with Gasteiger partial charge in [0.05, 0.1) is 25.4 Å². The van der Waals surface area contributed by atoms with Crippen molar-refractivity contribution in [2.45, 2.75) is 40.5 Å². The summed E-state index contributed by atoms with van der Waals surface area (Å²) in [6.45, 7) is 10.1. The van der Waals surface area contributed by atoms with Crippen LogP contribution in [-0.2, 0) is 9.53 Å². The summed E-state index contributed by atoms with van der Waals surface area (Å²) >= 11 is 0. The Hall–Kier alpha value is -2.44. The van der Waals surface area contributed by atoms with Crippen LogP contribution in [0.3, 0.4) is 0 Å². The number of hydrogen-bond acceptors (Lipinski definition) is 6. The minimum atomic E-state index is -0.594. The Morgan fingerprint density at radius 2 is 1.64 bits per heavy atom. The number of nitrogens with zero attached hydrogens (tertiary/aromatic N) is 1. The predicted octanol–water partition coefficient (Wildman–Crippen LogP) is 3.30. The van der Waals surface area contributed by atoms with Crippen LogP contribution in [0.1, 0.15) is 50.9 Å². The third kappa shape index (κ3) is 5.78. The number of carbonyl (C=O) groups is 2. The number of piperidine rings is 1. The van der Waals surface area contributed by atoms with Crippen LogP contribution in [0.15, 0.2) is 12.1 Å². The SMILES string of the molecule is CCOc1cc(C(=O)OCC(=O)N2CCCC(C)C2)cc(OCC)c1OCC. The summed E-state index contributed by atoms with van der Waals surface area (Å²) < 4.78 is 22.1. The zero-order chi connectivity index (χ0) is 20.5. The van der Waals surface area contributed by atoms with Gasteiger partial charge in [-0.1, -0.05) is 6.92 Å². The van der Waals surface area contributed by atoms with Gasteiger partial charge in [0.1, 0.15) is 0 Å². The topological polar surface area (TPSA) is 74.3 Å². The number of hydrogen-bond donors (Lipinski definition) is 0. The molecule has 1 aliphatic rings. The van der Waals surface area contributed by atoms with Crippen molar-refractivity contribution in [1.82, 2.24) is 4.90 Å². The molecule has 1 atom stereocenters. The van der Waals surface area contributed by atoms with Crippen molar-refractivity contribution in [3.8, 4) is 17.2 Å². The van der Waals surface area contributed by atoms with Gasteiger partial charge in [-0.05, 0) is 51.7 Å². The van der Waals surface area contributed by atoms with Crippen LogP contribution in [0.4, 0.5) is 0 Å². The molecule has 1 fully saturated rings. The zero-order valence-electron chi connectivity index (χ0n) is 17.3. The van der Waals surface area contributed by atoms with Gasteiger partial charge in [0.2, 0.25) is 5.75 Å². The highest BCUT2D eigenvalue weighted by atomic mass is 16.5. The Morgan fingerprint density at radius 3 is 2.18 bits per heavy atom. The van der Waals surface area contributed by atoms with Crippen molar-refractivity contribution < 1.29 is 28.5 Å². The third-order valence-electron chi connectivity index (χ3n) is 4.48. The molecule has 0 radical (unpaired) electrons. The Balaban J connectivity index is 2.11. The minimum Gasteiger partial charge on any atom is -0.490 e. The van der Waals surface area contributed by atoms with Gasteiger partial charge in [0.25, 0.3) is 5.91 Å². The fourth-order valence-corrected chi connectivity index (χ4v) is 3.22. The summed E-state index contributed by atoms with van der Waals surface area (Å²) in [4.78, 5) is 26.6. The first-order chi connectivity index (χ1) is 13.5. The number of amides is 1. The average molecular weight is 393 g/mol. The van der Waals surface area contributed by atoms with Gasteiger partial charge in [-0.2, -0.15) is 0 Å². The highest BCUT2D eigenvalue weighted by molar-refractivity contribution is 5.92. The molecule has 0 bridgehead atoms. The first-order valence-electron chi connectivity index (χ1n) is 10.0. The normalized spacial score (nSPS) is 16.4. The first-order valence-corrected chi connectivity index (χ1v) is 10.0. The molecule has 1 amide bonds. The fraction of sp³-hybridized carbons (Fsp3) is 0.619. The fourth-order valence-electron chi connectivity index (χ4n) is 3.22. The summed E-state index contributed by atoms with van der Waals surface area (Å²) in [6, 6.07) is 3.12. The van der Waals surface area contributed by atoms with E-state index in [2.05, 4.69) is 6.92 Å². The smallest absolute Gasteiger partial charge is 0.338 e. The maximum atomic E-state index is 12.5. The lowest BCUT2D eigenvalue weighted by Gasteiger charge is -2.30. The van der Waals surface area contributed by atoms with Crippen LogP contribution >= 0.6 is 0 Å². The highest BCUT2D eigenvalue weighted by Crippen LogP contribution is 2.39. The summed E-state index contributed by atoms with van der Waals surface area (Å²) in [5, 5.41) is 0. The molecule has 0 aliphatic carbocycles. The van der Waals surface area contributed by atoms with Crippen LogP contribution in [-0.4, -0.2) is 56.3 Å². The van der Waals surface area contributed by atoms with E-state index in [1.54, 1.807) is 17.0 Å². The molecule has 28 heavy (non-hydrogen) atoms. The van der Waals surface area contributed by atoms with Crippen molar-refractivity contribution in [2.75, 3.05) is 39.5 Å². The van der Waals surface area contributed by atoms with Crippen molar-refractivity contribution in [1.29, 1.82) is 0 Å². The molecule has 0 aromatic heterocycles. The first kappa shape index (κ1) is 21.9. The van der Waals surface area contributed by atoms with E-state index in [0.717, 1.165) is 12.8 Å². The molecule has 1 saturated heterocycles. The Kier molecular flexibility index (Phi) is 8.42. The number of carbonyl (C=O) groups excluding carboxylic acids is 2. The largest absolute Gasteiger partial charge is 0.490 e. The summed E-state index contributed by atoms with van der Waals surface area (Å²) in [5.41, 5.74) is 0.259. The molecule has 156 valence electrons. The lowest BCUT2D eigenvalue weighted by Crippen LogP contribution is -2.41. The van der Waals surface area contributed by atoms with Crippen LogP contribution in [0.5, 0.6) is 17.2 Å². The van der Waals surface area contributed by atoms with Gasteiger partial charge in [-0.25, -0.2) is 4.79 Å². The van der Waals surface area contributed by atoms with E-state index in [1.165, 1.54) is 0 Å². The number of rotatable bonds is 9. The molecule has 7 nitrogen and oxygen atoms in total. The Bertz CT molecular complexity index is 648. The van der Waals surface area contributed by atoms with Crippen LogP contribution in [0.2, 0.25) is 0 Å². The number of likely N-dealkylation sites (tertiary alicyclic amines) is 1. The highest BCUT2D eigenvalue weighted by Gasteiger charge is 2.23. The van der Waals surface area contributed by atoms with Crippen molar-refractivity contribution in [2.24, 2.45) is 5.92 Å². The van der Waals surface area contributed by atoms with E-state index in [4.69, 9.17) is 18.9 Å². The summed E-state index contributed by atoms with van der Waals surface area (Å²) in [7, 11) is 0. The maximum Gasteiger partial charge on any atom is 0.338 e. The van der Waals surface area contributed by atoms with Gasteiger partial charge in [-0.3, -0.25) is 4.79 Å². The Morgan fingerprint density at radius 1 is 1.04 bits per heavy atom. The van der Waals surface area contributed by atoms with E-state index in [1.807, 2.05) is 20.8 Å². The van der Waals surface area contributed by atoms with E-state index >= 15 is 0 Å². The van der Waals surface area contributed by atoms with E-state index < -0.39 is 5.97 Å². The minimum absolute atomic E-state index is 0.166. The molecule has 1 aliphatic heterocycles. The third-order valence-corrected chi connectivity index (χ3v) is 4.48. The Labute approximate surface area is 166 Å². The van der Waals surface area contributed by atoms with Crippen molar-refractivity contribution in [3.05, 3.63) is 17.7 Å². The monoisotopic (exact) mass is 393 g/mol. The summed E-state index contributed by atoms with van der Waals surface area (Å²) in [5.74, 6) is 1.00. The summed E-state index contributed by atoms with van der Waals surface area (Å²) in [6.07, 6.45) is 2.10. The quantitative estimate of drug-likeness (QED) is 0.600. The van der Waals surface area contributed by atoms with Crippen molar-refractivity contribution >= 4 is 11.9 Å². The molecule has 1 aromatic rings. The molecule has 1 unspecified atom stereocenters. The zero-order valence-corrected chi connectivity index (χ0v) is 17.3. The lowest BCUT2D eigenvalue weighted by molar-refractivity contribution is -0.136.